The number of amides is 1. The lowest BCUT2D eigenvalue weighted by Crippen LogP contribution is -2.35. The Bertz CT molecular complexity index is 200. The Morgan fingerprint density at radius 2 is 2.00 bits per heavy atom. The molecule has 0 aliphatic carbocycles. The number of likely N-dealkylation sites (tertiary alicyclic amines) is 1. The molecule has 1 aliphatic heterocycles. The zero-order valence-corrected chi connectivity index (χ0v) is 9.91. The van der Waals surface area contributed by atoms with E-state index in [0.717, 1.165) is 38.6 Å². The van der Waals surface area contributed by atoms with E-state index < -0.39 is 0 Å². The molecule has 1 fully saturated rings. The first-order valence-electron chi connectivity index (χ1n) is 6.15. The van der Waals surface area contributed by atoms with Crippen LogP contribution in [0.1, 0.15) is 46.0 Å². The lowest BCUT2D eigenvalue weighted by atomic mass is 9.97. The van der Waals surface area contributed by atoms with E-state index >= 15 is 0 Å². The fourth-order valence-electron chi connectivity index (χ4n) is 2.29. The third kappa shape index (κ3) is 3.49. The monoisotopic (exact) mass is 213 g/mol. The summed E-state index contributed by atoms with van der Waals surface area (Å²) in [4.78, 5) is 13.9. The smallest absolute Gasteiger partial charge is 0.225 e. The summed E-state index contributed by atoms with van der Waals surface area (Å²) >= 11 is 0. The number of carbonyl (C=O) groups excluding carboxylic acids is 1. The number of carbonyl (C=O) groups is 1. The van der Waals surface area contributed by atoms with Gasteiger partial charge in [0.05, 0.1) is 6.10 Å². The van der Waals surface area contributed by atoms with E-state index in [4.69, 9.17) is 0 Å². The van der Waals surface area contributed by atoms with Gasteiger partial charge in [0.2, 0.25) is 5.91 Å². The number of aliphatic hydroxyl groups is 1. The van der Waals surface area contributed by atoms with Crippen molar-refractivity contribution in [3.05, 3.63) is 0 Å². The van der Waals surface area contributed by atoms with Crippen LogP contribution in [-0.2, 0) is 4.79 Å². The Morgan fingerprint density at radius 1 is 1.40 bits per heavy atom. The predicted molar refractivity (Wildman–Crippen MR) is 60.5 cm³/mol. The van der Waals surface area contributed by atoms with Gasteiger partial charge in [0.1, 0.15) is 0 Å². The van der Waals surface area contributed by atoms with Crippen molar-refractivity contribution in [2.75, 3.05) is 13.1 Å². The molecule has 0 aromatic carbocycles. The normalized spacial score (nSPS) is 21.3. The van der Waals surface area contributed by atoms with Crippen LogP contribution in [-0.4, -0.2) is 35.1 Å². The van der Waals surface area contributed by atoms with Crippen LogP contribution in [0, 0.1) is 5.92 Å². The van der Waals surface area contributed by atoms with Gasteiger partial charge in [-0.2, -0.15) is 0 Å². The average Bonchev–Trinajstić information content (AvgIpc) is 2.63. The van der Waals surface area contributed by atoms with E-state index in [1.165, 1.54) is 0 Å². The highest BCUT2D eigenvalue weighted by Crippen LogP contribution is 2.20. The topological polar surface area (TPSA) is 40.5 Å². The lowest BCUT2D eigenvalue weighted by molar-refractivity contribution is -0.135. The molecule has 3 heteroatoms. The van der Waals surface area contributed by atoms with Gasteiger partial charge in [0, 0.05) is 19.0 Å². The first-order chi connectivity index (χ1) is 7.19. The molecule has 1 N–H and O–H groups in total. The molecule has 0 aromatic rings. The Balaban J connectivity index is 2.47. The SMILES string of the molecule is CCCC(CCC)C(=O)N1CC[C@H](O)C1. The zero-order chi connectivity index (χ0) is 11.3. The van der Waals surface area contributed by atoms with Crippen LogP contribution in [0.3, 0.4) is 0 Å². The van der Waals surface area contributed by atoms with Crippen molar-refractivity contribution in [2.24, 2.45) is 5.92 Å². The molecule has 0 unspecified atom stereocenters. The molecule has 15 heavy (non-hydrogen) atoms. The summed E-state index contributed by atoms with van der Waals surface area (Å²) in [6.07, 6.45) is 4.55. The summed E-state index contributed by atoms with van der Waals surface area (Å²) in [7, 11) is 0. The van der Waals surface area contributed by atoms with Crippen LogP contribution in [0.4, 0.5) is 0 Å². The first kappa shape index (κ1) is 12.5. The number of nitrogens with zero attached hydrogens (tertiary/aromatic N) is 1. The summed E-state index contributed by atoms with van der Waals surface area (Å²) in [5.74, 6) is 0.445. The first-order valence-corrected chi connectivity index (χ1v) is 6.15. The lowest BCUT2D eigenvalue weighted by Gasteiger charge is -2.22. The Hall–Kier alpha value is -0.570. The summed E-state index contributed by atoms with van der Waals surface area (Å²) in [6, 6.07) is 0. The minimum atomic E-state index is -0.294. The molecule has 0 spiro atoms. The second-order valence-corrected chi connectivity index (χ2v) is 4.50. The average molecular weight is 213 g/mol. The van der Waals surface area contributed by atoms with Crippen molar-refractivity contribution < 1.29 is 9.90 Å². The van der Waals surface area contributed by atoms with Crippen LogP contribution in [0.15, 0.2) is 0 Å². The Kier molecular flexibility index (Phi) is 5.09. The standard InChI is InChI=1S/C12H23NO2/c1-3-5-10(6-4-2)12(15)13-8-7-11(14)9-13/h10-11,14H,3-9H2,1-2H3/t11-/m0/s1. The summed E-state index contributed by atoms with van der Waals surface area (Å²) in [5, 5.41) is 9.40. The van der Waals surface area contributed by atoms with E-state index in [0.29, 0.717) is 6.54 Å². The minimum absolute atomic E-state index is 0.185. The number of aliphatic hydroxyl groups excluding tert-OH is 1. The van der Waals surface area contributed by atoms with Gasteiger partial charge in [-0.1, -0.05) is 26.7 Å². The van der Waals surface area contributed by atoms with E-state index in [-0.39, 0.29) is 17.9 Å². The van der Waals surface area contributed by atoms with Crippen molar-refractivity contribution in [1.29, 1.82) is 0 Å². The quantitative estimate of drug-likeness (QED) is 0.756. The van der Waals surface area contributed by atoms with Gasteiger partial charge in [0.15, 0.2) is 0 Å². The number of β-amino-alcohol motifs (C(OH)–C–C–N with tert-alkyl or cyclic N) is 1. The van der Waals surface area contributed by atoms with Crippen LogP contribution in [0.25, 0.3) is 0 Å². The Morgan fingerprint density at radius 3 is 2.40 bits per heavy atom. The summed E-state index contributed by atoms with van der Waals surface area (Å²) < 4.78 is 0. The second-order valence-electron chi connectivity index (χ2n) is 4.50. The van der Waals surface area contributed by atoms with Crippen molar-refractivity contribution in [2.45, 2.75) is 52.1 Å². The highest BCUT2D eigenvalue weighted by molar-refractivity contribution is 5.79. The van der Waals surface area contributed by atoms with E-state index in [2.05, 4.69) is 13.8 Å². The maximum atomic E-state index is 12.1. The van der Waals surface area contributed by atoms with Gasteiger partial charge in [-0.05, 0) is 19.3 Å². The highest BCUT2D eigenvalue weighted by atomic mass is 16.3. The largest absolute Gasteiger partial charge is 0.391 e. The van der Waals surface area contributed by atoms with Crippen LogP contribution in [0.5, 0.6) is 0 Å². The molecule has 0 aromatic heterocycles. The zero-order valence-electron chi connectivity index (χ0n) is 9.91. The van der Waals surface area contributed by atoms with Crippen molar-refractivity contribution in [3.63, 3.8) is 0 Å². The fraction of sp³-hybridized carbons (Fsp3) is 0.917. The molecular weight excluding hydrogens is 190 g/mol. The van der Waals surface area contributed by atoms with Crippen molar-refractivity contribution >= 4 is 5.91 Å². The molecular formula is C12H23NO2. The molecule has 1 aliphatic rings. The number of hydrogen-bond acceptors (Lipinski definition) is 2. The van der Waals surface area contributed by atoms with Gasteiger partial charge in [-0.3, -0.25) is 4.79 Å². The van der Waals surface area contributed by atoms with Crippen molar-refractivity contribution in [3.8, 4) is 0 Å². The number of hydrogen-bond donors (Lipinski definition) is 1. The van der Waals surface area contributed by atoms with E-state index in [1.807, 2.05) is 4.90 Å². The maximum absolute atomic E-state index is 12.1. The fourth-order valence-corrected chi connectivity index (χ4v) is 2.29. The van der Waals surface area contributed by atoms with Gasteiger partial charge >= 0.3 is 0 Å². The summed E-state index contributed by atoms with van der Waals surface area (Å²) in [6.45, 7) is 5.52. The van der Waals surface area contributed by atoms with Crippen LogP contribution >= 0.6 is 0 Å². The van der Waals surface area contributed by atoms with Gasteiger partial charge in [-0.25, -0.2) is 0 Å². The summed E-state index contributed by atoms with van der Waals surface area (Å²) in [5.41, 5.74) is 0. The highest BCUT2D eigenvalue weighted by Gasteiger charge is 2.28. The minimum Gasteiger partial charge on any atom is -0.391 e. The molecule has 1 saturated heterocycles. The van der Waals surface area contributed by atoms with Gasteiger partial charge in [0.25, 0.3) is 0 Å². The van der Waals surface area contributed by atoms with Gasteiger partial charge in [-0.15, -0.1) is 0 Å². The number of rotatable bonds is 5. The molecule has 0 bridgehead atoms. The third-order valence-electron chi connectivity index (χ3n) is 3.10. The third-order valence-corrected chi connectivity index (χ3v) is 3.10. The maximum Gasteiger partial charge on any atom is 0.225 e. The molecule has 0 saturated carbocycles. The van der Waals surface area contributed by atoms with Gasteiger partial charge < -0.3 is 10.0 Å². The van der Waals surface area contributed by atoms with E-state index in [1.54, 1.807) is 0 Å². The molecule has 1 heterocycles. The van der Waals surface area contributed by atoms with Crippen molar-refractivity contribution in [1.82, 2.24) is 4.90 Å². The molecule has 1 amide bonds. The Labute approximate surface area is 92.5 Å². The van der Waals surface area contributed by atoms with E-state index in [9.17, 15) is 9.90 Å². The molecule has 1 atom stereocenters. The predicted octanol–water partition coefficient (Wildman–Crippen LogP) is 1.80. The molecule has 1 rings (SSSR count). The molecule has 0 radical (unpaired) electrons. The van der Waals surface area contributed by atoms with Crippen LogP contribution < -0.4 is 0 Å². The molecule has 88 valence electrons. The van der Waals surface area contributed by atoms with Crippen LogP contribution in [0.2, 0.25) is 0 Å². The second kappa shape index (κ2) is 6.11. The molecule has 3 nitrogen and oxygen atoms in total.